The molecule has 1 atom stereocenters. The summed E-state index contributed by atoms with van der Waals surface area (Å²) in [6.45, 7) is 3.93. The van der Waals surface area contributed by atoms with E-state index in [1.807, 2.05) is 13.8 Å². The van der Waals surface area contributed by atoms with Crippen LogP contribution in [0.25, 0.3) is 0 Å². The average molecular weight is 276 g/mol. The number of nitrogens with one attached hydrogen (secondary N) is 1. The van der Waals surface area contributed by atoms with Crippen molar-refractivity contribution >= 4 is 29.1 Å². The lowest BCUT2D eigenvalue weighted by atomic mass is 10.1. The van der Waals surface area contributed by atoms with E-state index >= 15 is 0 Å². The summed E-state index contributed by atoms with van der Waals surface area (Å²) in [4.78, 5) is 11.9. The topological polar surface area (TPSA) is 49.3 Å². The Morgan fingerprint density at radius 1 is 1.47 bits per heavy atom. The number of phenols is 1. The summed E-state index contributed by atoms with van der Waals surface area (Å²) in [5, 5.41) is 12.7. The molecule has 1 aromatic rings. The van der Waals surface area contributed by atoms with Crippen LogP contribution in [-0.4, -0.2) is 22.9 Å². The molecule has 0 fully saturated rings. The van der Waals surface area contributed by atoms with E-state index in [1.165, 1.54) is 18.2 Å². The van der Waals surface area contributed by atoms with E-state index in [0.29, 0.717) is 10.9 Å². The zero-order chi connectivity index (χ0) is 13.0. The summed E-state index contributed by atoms with van der Waals surface area (Å²) in [5.74, 6) is 0.0798. The van der Waals surface area contributed by atoms with Crippen molar-refractivity contribution in [2.45, 2.75) is 19.9 Å². The van der Waals surface area contributed by atoms with Gasteiger partial charge in [0, 0.05) is 16.9 Å². The van der Waals surface area contributed by atoms with Crippen molar-refractivity contribution in [3.05, 3.63) is 28.8 Å². The SMILES string of the molecule is CC(C)C(CCl)NC(=O)c1cc(Cl)ccc1O. The van der Waals surface area contributed by atoms with Gasteiger partial charge in [-0.25, -0.2) is 0 Å². The fourth-order valence-corrected chi connectivity index (χ4v) is 1.93. The van der Waals surface area contributed by atoms with Crippen LogP contribution in [0.15, 0.2) is 18.2 Å². The van der Waals surface area contributed by atoms with Gasteiger partial charge in [0.15, 0.2) is 0 Å². The fraction of sp³-hybridized carbons (Fsp3) is 0.417. The number of carbonyl (C=O) groups excluding carboxylic acids is 1. The van der Waals surface area contributed by atoms with Crippen LogP contribution < -0.4 is 5.32 Å². The first-order valence-electron chi connectivity index (χ1n) is 5.31. The minimum absolute atomic E-state index is 0.0935. The number of rotatable bonds is 4. The number of aromatic hydroxyl groups is 1. The van der Waals surface area contributed by atoms with E-state index in [0.717, 1.165) is 0 Å². The lowest BCUT2D eigenvalue weighted by molar-refractivity contribution is 0.0928. The molecule has 1 unspecified atom stereocenters. The molecule has 5 heteroatoms. The Bertz CT molecular complexity index is 407. The largest absolute Gasteiger partial charge is 0.507 e. The van der Waals surface area contributed by atoms with Gasteiger partial charge < -0.3 is 10.4 Å². The third kappa shape index (κ3) is 3.79. The molecular formula is C12H15Cl2NO2. The van der Waals surface area contributed by atoms with Crippen molar-refractivity contribution in [2.24, 2.45) is 5.92 Å². The van der Waals surface area contributed by atoms with Crippen molar-refractivity contribution in [2.75, 3.05) is 5.88 Å². The number of benzene rings is 1. The van der Waals surface area contributed by atoms with Crippen LogP contribution in [0.3, 0.4) is 0 Å². The van der Waals surface area contributed by atoms with Crippen LogP contribution >= 0.6 is 23.2 Å². The first kappa shape index (κ1) is 14.1. The predicted octanol–water partition coefficient (Wildman–Crippen LogP) is 3.04. The van der Waals surface area contributed by atoms with E-state index in [1.54, 1.807) is 0 Å². The second-order valence-corrected chi connectivity index (χ2v) is 4.88. The van der Waals surface area contributed by atoms with Gasteiger partial charge in [-0.3, -0.25) is 4.79 Å². The number of halogens is 2. The highest BCUT2D eigenvalue weighted by molar-refractivity contribution is 6.31. The third-order valence-corrected chi connectivity index (χ3v) is 3.06. The monoisotopic (exact) mass is 275 g/mol. The maximum absolute atomic E-state index is 11.9. The molecule has 0 aliphatic carbocycles. The lowest BCUT2D eigenvalue weighted by Crippen LogP contribution is -2.39. The standard InChI is InChI=1S/C12H15Cl2NO2/c1-7(2)10(6-13)15-12(17)9-5-8(14)3-4-11(9)16/h3-5,7,10,16H,6H2,1-2H3,(H,15,17). The van der Waals surface area contributed by atoms with Crippen molar-refractivity contribution < 1.29 is 9.90 Å². The molecule has 0 saturated carbocycles. The molecule has 0 aliphatic rings. The molecule has 17 heavy (non-hydrogen) atoms. The predicted molar refractivity (Wildman–Crippen MR) is 69.9 cm³/mol. The molecule has 1 aromatic carbocycles. The Balaban J connectivity index is 2.86. The molecule has 0 heterocycles. The molecule has 0 aliphatic heterocycles. The summed E-state index contributed by atoms with van der Waals surface area (Å²) >= 11 is 11.5. The van der Waals surface area contributed by atoms with Crippen LogP contribution in [0.5, 0.6) is 5.75 Å². The Hall–Kier alpha value is -0.930. The van der Waals surface area contributed by atoms with Gasteiger partial charge in [-0.05, 0) is 24.1 Å². The minimum atomic E-state index is -0.371. The maximum Gasteiger partial charge on any atom is 0.255 e. The molecule has 1 rings (SSSR count). The van der Waals surface area contributed by atoms with Gasteiger partial charge in [-0.1, -0.05) is 25.4 Å². The molecule has 0 spiro atoms. The van der Waals surface area contributed by atoms with Gasteiger partial charge in [0.25, 0.3) is 5.91 Å². The normalized spacial score (nSPS) is 12.5. The van der Waals surface area contributed by atoms with Crippen molar-refractivity contribution in [1.82, 2.24) is 5.32 Å². The van der Waals surface area contributed by atoms with Crippen LogP contribution in [-0.2, 0) is 0 Å². The second kappa shape index (κ2) is 6.12. The number of hydrogen-bond donors (Lipinski definition) is 2. The number of amides is 1. The quantitative estimate of drug-likeness (QED) is 0.830. The highest BCUT2D eigenvalue weighted by Gasteiger charge is 2.18. The van der Waals surface area contributed by atoms with Gasteiger partial charge in [0.2, 0.25) is 0 Å². The number of phenolic OH excluding ortho intramolecular Hbond substituents is 1. The molecule has 0 saturated heterocycles. The summed E-state index contributed by atoms with van der Waals surface area (Å²) in [6, 6.07) is 4.21. The average Bonchev–Trinajstić information content (AvgIpc) is 2.28. The van der Waals surface area contributed by atoms with E-state index in [2.05, 4.69) is 5.32 Å². The maximum atomic E-state index is 11.9. The van der Waals surface area contributed by atoms with Gasteiger partial charge >= 0.3 is 0 Å². The molecular weight excluding hydrogens is 261 g/mol. The fourth-order valence-electron chi connectivity index (χ4n) is 1.32. The molecule has 3 nitrogen and oxygen atoms in total. The highest BCUT2D eigenvalue weighted by Crippen LogP contribution is 2.21. The van der Waals surface area contributed by atoms with Gasteiger partial charge in [0.05, 0.1) is 5.56 Å². The lowest BCUT2D eigenvalue weighted by Gasteiger charge is -2.20. The molecule has 0 aromatic heterocycles. The molecule has 94 valence electrons. The summed E-state index contributed by atoms with van der Waals surface area (Å²) in [5.41, 5.74) is 0.160. The first-order valence-corrected chi connectivity index (χ1v) is 6.22. The summed E-state index contributed by atoms with van der Waals surface area (Å²) < 4.78 is 0. The molecule has 1 amide bonds. The van der Waals surface area contributed by atoms with E-state index in [4.69, 9.17) is 23.2 Å². The van der Waals surface area contributed by atoms with Crippen molar-refractivity contribution in [3.63, 3.8) is 0 Å². The number of alkyl halides is 1. The second-order valence-electron chi connectivity index (χ2n) is 4.14. The Morgan fingerprint density at radius 3 is 2.65 bits per heavy atom. The van der Waals surface area contributed by atoms with E-state index < -0.39 is 0 Å². The Kier molecular flexibility index (Phi) is 5.09. The third-order valence-electron chi connectivity index (χ3n) is 2.49. The van der Waals surface area contributed by atoms with Gasteiger partial charge in [-0.15, -0.1) is 11.6 Å². The highest BCUT2D eigenvalue weighted by atomic mass is 35.5. The molecule has 2 N–H and O–H groups in total. The zero-order valence-electron chi connectivity index (χ0n) is 9.71. The van der Waals surface area contributed by atoms with Crippen molar-refractivity contribution in [3.8, 4) is 5.75 Å². The Morgan fingerprint density at radius 2 is 2.12 bits per heavy atom. The van der Waals surface area contributed by atoms with Crippen molar-refractivity contribution in [1.29, 1.82) is 0 Å². The van der Waals surface area contributed by atoms with Crippen LogP contribution in [0.2, 0.25) is 5.02 Å². The summed E-state index contributed by atoms with van der Waals surface area (Å²) in [6.07, 6.45) is 0. The molecule has 0 bridgehead atoms. The van der Waals surface area contributed by atoms with Crippen LogP contribution in [0, 0.1) is 5.92 Å². The van der Waals surface area contributed by atoms with Gasteiger partial charge in [-0.2, -0.15) is 0 Å². The number of hydrogen-bond acceptors (Lipinski definition) is 2. The van der Waals surface area contributed by atoms with Crippen LogP contribution in [0.1, 0.15) is 24.2 Å². The van der Waals surface area contributed by atoms with Gasteiger partial charge in [0.1, 0.15) is 5.75 Å². The number of carbonyl (C=O) groups is 1. The zero-order valence-corrected chi connectivity index (χ0v) is 11.2. The Labute approximate surface area is 111 Å². The van der Waals surface area contributed by atoms with Crippen LogP contribution in [0.4, 0.5) is 0 Å². The smallest absolute Gasteiger partial charge is 0.255 e. The first-order chi connectivity index (χ1) is 7.95. The van der Waals surface area contributed by atoms with E-state index in [-0.39, 0.29) is 29.2 Å². The van der Waals surface area contributed by atoms with E-state index in [9.17, 15) is 9.90 Å². The molecule has 0 radical (unpaired) electrons. The minimum Gasteiger partial charge on any atom is -0.507 e. The summed E-state index contributed by atoms with van der Waals surface area (Å²) in [7, 11) is 0.